The number of halogens is 1. The molecule has 0 amide bonds. The number of fused-ring (bicyclic) bond motifs is 2. The van der Waals surface area contributed by atoms with E-state index in [0.717, 1.165) is 67.1 Å². The van der Waals surface area contributed by atoms with Crippen molar-refractivity contribution in [1.29, 1.82) is 0 Å². The summed E-state index contributed by atoms with van der Waals surface area (Å²) in [5.74, 6) is 2.07. The third-order valence-corrected chi connectivity index (χ3v) is 6.86. The van der Waals surface area contributed by atoms with Gasteiger partial charge in [0.05, 0.1) is 41.6 Å². The molecular weight excluding hydrogens is 493 g/mol. The SMILES string of the molecule is COC(=O)C1CCC(c2nc(-c3cc4c([nH]3)C=CCC4)c3c(NI)nccn23)CC1. The van der Waals surface area contributed by atoms with Gasteiger partial charge in [0.2, 0.25) is 0 Å². The molecule has 156 valence electrons. The molecule has 2 N–H and O–H groups in total. The molecule has 1 fully saturated rings. The van der Waals surface area contributed by atoms with Crippen LogP contribution in [-0.2, 0) is 16.0 Å². The van der Waals surface area contributed by atoms with Gasteiger partial charge in [0, 0.05) is 24.0 Å². The van der Waals surface area contributed by atoms with E-state index < -0.39 is 0 Å². The van der Waals surface area contributed by atoms with E-state index in [2.05, 4.69) is 59.0 Å². The van der Waals surface area contributed by atoms with Crippen LogP contribution in [0.5, 0.6) is 0 Å². The van der Waals surface area contributed by atoms with Gasteiger partial charge in [0.1, 0.15) is 17.0 Å². The van der Waals surface area contributed by atoms with Crippen molar-refractivity contribution < 1.29 is 9.53 Å². The van der Waals surface area contributed by atoms with E-state index >= 15 is 0 Å². The second-order valence-corrected chi connectivity index (χ2v) is 8.58. The van der Waals surface area contributed by atoms with Gasteiger partial charge < -0.3 is 13.3 Å². The highest BCUT2D eigenvalue weighted by Gasteiger charge is 2.31. The molecule has 0 spiro atoms. The van der Waals surface area contributed by atoms with Crippen LogP contribution in [0.3, 0.4) is 0 Å². The Kier molecular flexibility index (Phi) is 5.26. The first kappa shape index (κ1) is 19.6. The number of aromatic nitrogens is 4. The number of carbonyl (C=O) groups excluding carboxylic acids is 1. The van der Waals surface area contributed by atoms with Gasteiger partial charge >= 0.3 is 5.97 Å². The van der Waals surface area contributed by atoms with Gasteiger partial charge in [-0.05, 0) is 56.2 Å². The number of esters is 1. The van der Waals surface area contributed by atoms with Crippen LogP contribution in [0.25, 0.3) is 23.0 Å². The van der Waals surface area contributed by atoms with Crippen LogP contribution in [0.15, 0.2) is 24.5 Å². The van der Waals surface area contributed by atoms with Crippen molar-refractivity contribution in [1.82, 2.24) is 19.4 Å². The van der Waals surface area contributed by atoms with Crippen molar-refractivity contribution in [3.8, 4) is 11.4 Å². The van der Waals surface area contributed by atoms with Crippen molar-refractivity contribution in [3.05, 3.63) is 41.6 Å². The fourth-order valence-corrected chi connectivity index (χ4v) is 5.19. The first-order valence-corrected chi connectivity index (χ1v) is 11.5. The van der Waals surface area contributed by atoms with E-state index in [-0.39, 0.29) is 11.9 Å². The predicted octanol–water partition coefficient (Wildman–Crippen LogP) is 4.89. The molecule has 3 aromatic rings. The number of carbonyl (C=O) groups is 1. The Balaban J connectivity index is 1.57. The number of nitrogens with one attached hydrogen (secondary N) is 2. The quantitative estimate of drug-likeness (QED) is 0.293. The lowest BCUT2D eigenvalue weighted by Gasteiger charge is -2.26. The number of methoxy groups -OCH3 is 1. The Labute approximate surface area is 188 Å². The summed E-state index contributed by atoms with van der Waals surface area (Å²) in [4.78, 5) is 25.1. The number of aromatic amines is 1. The Morgan fingerprint density at radius 1 is 1.33 bits per heavy atom. The third kappa shape index (κ3) is 3.30. The van der Waals surface area contributed by atoms with Gasteiger partial charge in [-0.15, -0.1) is 0 Å². The number of H-pyrrole nitrogens is 1. The molecule has 0 unspecified atom stereocenters. The summed E-state index contributed by atoms with van der Waals surface area (Å²) in [5, 5.41) is 0. The average molecular weight is 517 g/mol. The third-order valence-electron chi connectivity index (χ3n) is 6.35. The van der Waals surface area contributed by atoms with E-state index in [1.54, 1.807) is 0 Å². The van der Waals surface area contributed by atoms with Gasteiger partial charge in [-0.3, -0.25) is 9.20 Å². The van der Waals surface area contributed by atoms with Gasteiger partial charge in [-0.2, -0.15) is 0 Å². The summed E-state index contributed by atoms with van der Waals surface area (Å²) in [7, 11) is 1.47. The molecule has 2 aliphatic carbocycles. The van der Waals surface area contributed by atoms with Gasteiger partial charge in [-0.1, -0.05) is 6.08 Å². The number of nitrogens with zero attached hydrogens (tertiary/aromatic N) is 3. The molecule has 0 bridgehead atoms. The van der Waals surface area contributed by atoms with Crippen LogP contribution >= 0.6 is 22.9 Å². The number of hydrogen-bond donors (Lipinski definition) is 2. The minimum atomic E-state index is -0.0901. The van der Waals surface area contributed by atoms with Crippen molar-refractivity contribution in [2.45, 2.75) is 44.4 Å². The monoisotopic (exact) mass is 517 g/mol. The van der Waals surface area contributed by atoms with Crippen LogP contribution in [0.2, 0.25) is 0 Å². The van der Waals surface area contributed by atoms with Crippen LogP contribution in [0.4, 0.5) is 5.82 Å². The van der Waals surface area contributed by atoms with Gasteiger partial charge in [0.25, 0.3) is 0 Å². The molecule has 0 aromatic carbocycles. The second-order valence-electron chi connectivity index (χ2n) is 8.04. The fourth-order valence-electron chi connectivity index (χ4n) is 4.80. The molecule has 3 aromatic heterocycles. The molecule has 30 heavy (non-hydrogen) atoms. The van der Waals surface area contributed by atoms with Crippen molar-refractivity contribution in [2.24, 2.45) is 5.92 Å². The summed E-state index contributed by atoms with van der Waals surface area (Å²) in [6.45, 7) is 0. The summed E-state index contributed by atoms with van der Waals surface area (Å²) in [6.07, 6.45) is 13.8. The van der Waals surface area contributed by atoms with Crippen LogP contribution in [0, 0.1) is 5.92 Å². The normalized spacial score (nSPS) is 20.9. The highest BCUT2D eigenvalue weighted by Crippen LogP contribution is 2.39. The Hall–Kier alpha value is -2.36. The summed E-state index contributed by atoms with van der Waals surface area (Å²) in [5.41, 5.74) is 5.45. The van der Waals surface area contributed by atoms with Gasteiger partial charge in [0.15, 0.2) is 5.82 Å². The summed E-state index contributed by atoms with van der Waals surface area (Å²) in [6, 6.07) is 2.23. The number of allylic oxidation sites excluding steroid dienone is 1. The maximum absolute atomic E-state index is 11.9. The molecule has 8 heteroatoms. The minimum Gasteiger partial charge on any atom is -0.469 e. The number of anilines is 1. The molecule has 0 radical (unpaired) electrons. The molecule has 1 saturated carbocycles. The summed E-state index contributed by atoms with van der Waals surface area (Å²) < 4.78 is 10.3. The van der Waals surface area contributed by atoms with Crippen LogP contribution in [-0.4, -0.2) is 32.4 Å². The maximum Gasteiger partial charge on any atom is 0.308 e. The lowest BCUT2D eigenvalue weighted by Crippen LogP contribution is -2.23. The number of rotatable bonds is 4. The highest BCUT2D eigenvalue weighted by atomic mass is 127. The largest absolute Gasteiger partial charge is 0.469 e. The smallest absolute Gasteiger partial charge is 0.308 e. The first-order valence-electron chi connectivity index (χ1n) is 10.4. The fraction of sp³-hybridized carbons (Fsp3) is 0.409. The predicted molar refractivity (Wildman–Crippen MR) is 124 cm³/mol. The molecule has 0 aliphatic heterocycles. The Bertz CT molecular complexity index is 1120. The Morgan fingerprint density at radius 2 is 2.17 bits per heavy atom. The van der Waals surface area contributed by atoms with Crippen LogP contribution in [0.1, 0.15) is 55.1 Å². The first-order chi connectivity index (χ1) is 14.7. The second kappa shape index (κ2) is 8.05. The average Bonchev–Trinajstić information content (AvgIpc) is 3.40. The van der Waals surface area contributed by atoms with Crippen molar-refractivity contribution in [2.75, 3.05) is 10.6 Å². The molecule has 2 aliphatic rings. The standard InChI is InChI=1S/C22H24IN5O2/c1-30-22(29)14-8-6-13(7-9-14)21-26-18(19-20(27-23)24-10-11-28(19)21)17-12-15-4-2-3-5-16(15)25-17/h3,5,10-14,25H,2,4,6-9H2,1H3,(H,24,27). The molecule has 0 saturated heterocycles. The molecule has 0 atom stereocenters. The molecule has 5 rings (SSSR count). The number of ether oxygens (including phenoxy) is 1. The number of aryl methyl sites for hydroxylation is 1. The lowest BCUT2D eigenvalue weighted by molar-refractivity contribution is -0.146. The van der Waals surface area contributed by atoms with E-state index in [1.807, 2.05) is 12.4 Å². The van der Waals surface area contributed by atoms with Crippen molar-refractivity contribution >= 4 is 46.2 Å². The number of hydrogen-bond acceptors (Lipinski definition) is 5. The molecule has 3 heterocycles. The zero-order valence-corrected chi connectivity index (χ0v) is 19.0. The lowest BCUT2D eigenvalue weighted by atomic mass is 9.81. The zero-order valence-electron chi connectivity index (χ0n) is 16.8. The summed E-state index contributed by atoms with van der Waals surface area (Å²) >= 11 is 2.13. The topological polar surface area (TPSA) is 84.3 Å². The van der Waals surface area contributed by atoms with Gasteiger partial charge in [-0.25, -0.2) is 9.97 Å². The zero-order chi connectivity index (χ0) is 20.7. The molecular formula is C22H24IN5O2. The Morgan fingerprint density at radius 3 is 2.90 bits per heavy atom. The van der Waals surface area contributed by atoms with E-state index in [9.17, 15) is 4.79 Å². The minimum absolute atomic E-state index is 0.00658. The van der Waals surface area contributed by atoms with Crippen LogP contribution < -0.4 is 3.53 Å². The number of imidazole rings is 1. The molecule has 7 nitrogen and oxygen atoms in total. The van der Waals surface area contributed by atoms with E-state index in [4.69, 9.17) is 9.72 Å². The maximum atomic E-state index is 11.9. The highest BCUT2D eigenvalue weighted by molar-refractivity contribution is 14.1. The van der Waals surface area contributed by atoms with E-state index in [0.29, 0.717) is 5.92 Å². The van der Waals surface area contributed by atoms with E-state index in [1.165, 1.54) is 18.4 Å². The van der Waals surface area contributed by atoms with Crippen molar-refractivity contribution in [3.63, 3.8) is 0 Å².